The Bertz CT molecular complexity index is 401. The van der Waals surface area contributed by atoms with Gasteiger partial charge in [0, 0.05) is 0 Å². The van der Waals surface area contributed by atoms with Crippen molar-refractivity contribution in [2.24, 2.45) is 5.73 Å². The first-order valence-electron chi connectivity index (χ1n) is 4.78. The van der Waals surface area contributed by atoms with Gasteiger partial charge in [-0.3, -0.25) is 0 Å². The number of hydrogen-bond donors (Lipinski definition) is 1. The lowest BCUT2D eigenvalue weighted by molar-refractivity contribution is 0.0375. The van der Waals surface area contributed by atoms with Crippen LogP contribution in [0.4, 0.5) is 4.79 Å². The number of esters is 1. The molecule has 0 aromatic heterocycles. The second-order valence-electron chi connectivity index (χ2n) is 3.37. The van der Waals surface area contributed by atoms with E-state index in [0.717, 1.165) is 0 Å². The lowest BCUT2D eigenvalue weighted by atomic mass is 10.2. The Morgan fingerprint density at radius 3 is 2.44 bits per heavy atom. The van der Waals surface area contributed by atoms with E-state index < -0.39 is 12.1 Å². The van der Waals surface area contributed by atoms with Gasteiger partial charge in [-0.05, 0) is 26.0 Å². The smallest absolute Gasteiger partial charge is 0.409 e. The SMILES string of the molecule is CC(C)OC(=O)c1ccccc1OC(N)=O. The first-order valence-corrected chi connectivity index (χ1v) is 4.78. The van der Waals surface area contributed by atoms with E-state index in [1.807, 2.05) is 0 Å². The molecule has 0 radical (unpaired) electrons. The molecular formula is C11H13NO4. The molecule has 5 heteroatoms. The number of hydrogen-bond acceptors (Lipinski definition) is 4. The number of primary amides is 1. The van der Waals surface area contributed by atoms with Crippen LogP contribution in [0.2, 0.25) is 0 Å². The minimum absolute atomic E-state index is 0.0978. The number of rotatable bonds is 3. The molecule has 1 aromatic rings. The van der Waals surface area contributed by atoms with E-state index in [1.54, 1.807) is 26.0 Å². The molecular weight excluding hydrogens is 210 g/mol. The van der Waals surface area contributed by atoms with Crippen LogP contribution in [0.15, 0.2) is 24.3 Å². The van der Waals surface area contributed by atoms with Gasteiger partial charge in [-0.15, -0.1) is 0 Å². The van der Waals surface area contributed by atoms with Gasteiger partial charge in [-0.2, -0.15) is 0 Å². The second kappa shape index (κ2) is 5.16. The summed E-state index contributed by atoms with van der Waals surface area (Å²) in [6.07, 6.45) is -1.21. The Hall–Kier alpha value is -2.04. The fourth-order valence-electron chi connectivity index (χ4n) is 1.11. The fraction of sp³-hybridized carbons (Fsp3) is 0.273. The number of carbonyl (C=O) groups is 2. The predicted molar refractivity (Wildman–Crippen MR) is 57.2 cm³/mol. The molecule has 0 aliphatic rings. The highest BCUT2D eigenvalue weighted by Crippen LogP contribution is 2.19. The molecule has 0 atom stereocenters. The van der Waals surface area contributed by atoms with E-state index in [2.05, 4.69) is 4.74 Å². The van der Waals surface area contributed by atoms with Crippen molar-refractivity contribution in [2.75, 3.05) is 0 Å². The van der Waals surface area contributed by atoms with Crippen LogP contribution in [0.3, 0.4) is 0 Å². The molecule has 0 saturated carbocycles. The third-order valence-corrected chi connectivity index (χ3v) is 1.66. The van der Waals surface area contributed by atoms with Crippen molar-refractivity contribution in [2.45, 2.75) is 20.0 Å². The molecule has 0 spiro atoms. The first kappa shape index (κ1) is 12.0. The number of ether oxygens (including phenoxy) is 2. The molecule has 0 aliphatic heterocycles. The summed E-state index contributed by atoms with van der Waals surface area (Å²) in [5.74, 6) is -0.451. The number of nitrogens with two attached hydrogens (primary N) is 1. The highest BCUT2D eigenvalue weighted by atomic mass is 16.6. The summed E-state index contributed by atoms with van der Waals surface area (Å²) in [4.78, 5) is 22.2. The van der Waals surface area contributed by atoms with Gasteiger partial charge >= 0.3 is 12.1 Å². The van der Waals surface area contributed by atoms with Gasteiger partial charge < -0.3 is 15.2 Å². The van der Waals surface area contributed by atoms with Crippen LogP contribution in [0.25, 0.3) is 0 Å². The van der Waals surface area contributed by atoms with Crippen molar-refractivity contribution < 1.29 is 19.1 Å². The average molecular weight is 223 g/mol. The van der Waals surface area contributed by atoms with Crippen LogP contribution in [0.1, 0.15) is 24.2 Å². The van der Waals surface area contributed by atoms with Crippen molar-refractivity contribution in [1.29, 1.82) is 0 Å². The normalized spacial score (nSPS) is 9.94. The maximum Gasteiger partial charge on any atom is 0.409 e. The van der Waals surface area contributed by atoms with Gasteiger partial charge in [-0.1, -0.05) is 12.1 Å². The number of para-hydroxylation sites is 1. The Labute approximate surface area is 93.1 Å². The van der Waals surface area contributed by atoms with Crippen molar-refractivity contribution in [3.05, 3.63) is 29.8 Å². The van der Waals surface area contributed by atoms with E-state index in [4.69, 9.17) is 10.5 Å². The largest absolute Gasteiger partial charge is 0.459 e. The topological polar surface area (TPSA) is 78.6 Å². The minimum atomic E-state index is -0.968. The summed E-state index contributed by atoms with van der Waals surface area (Å²) >= 11 is 0. The van der Waals surface area contributed by atoms with Crippen molar-refractivity contribution in [3.63, 3.8) is 0 Å². The maximum atomic E-state index is 11.6. The van der Waals surface area contributed by atoms with E-state index >= 15 is 0 Å². The molecule has 0 saturated heterocycles. The van der Waals surface area contributed by atoms with Gasteiger partial charge in [0.1, 0.15) is 11.3 Å². The summed E-state index contributed by atoms with van der Waals surface area (Å²) in [6, 6.07) is 6.25. The molecule has 0 unspecified atom stereocenters. The minimum Gasteiger partial charge on any atom is -0.459 e. The van der Waals surface area contributed by atoms with Crippen molar-refractivity contribution >= 4 is 12.1 Å². The van der Waals surface area contributed by atoms with Crippen molar-refractivity contribution in [1.82, 2.24) is 0 Å². The Morgan fingerprint density at radius 1 is 1.25 bits per heavy atom. The molecule has 0 aliphatic carbocycles. The summed E-state index contributed by atoms with van der Waals surface area (Å²) in [7, 11) is 0. The summed E-state index contributed by atoms with van der Waals surface area (Å²) in [5.41, 5.74) is 5.06. The molecule has 5 nitrogen and oxygen atoms in total. The zero-order valence-electron chi connectivity index (χ0n) is 9.10. The van der Waals surface area contributed by atoms with E-state index in [-0.39, 0.29) is 17.4 Å². The third-order valence-electron chi connectivity index (χ3n) is 1.66. The van der Waals surface area contributed by atoms with Crippen molar-refractivity contribution in [3.8, 4) is 5.75 Å². The summed E-state index contributed by atoms with van der Waals surface area (Å²) in [6.45, 7) is 3.46. The van der Waals surface area contributed by atoms with Crippen LogP contribution in [0, 0.1) is 0 Å². The van der Waals surface area contributed by atoms with E-state index in [9.17, 15) is 9.59 Å². The highest BCUT2D eigenvalue weighted by molar-refractivity contribution is 5.93. The average Bonchev–Trinajstić information content (AvgIpc) is 2.16. The lowest BCUT2D eigenvalue weighted by Crippen LogP contribution is -2.19. The molecule has 86 valence electrons. The molecule has 1 amide bonds. The fourth-order valence-corrected chi connectivity index (χ4v) is 1.11. The van der Waals surface area contributed by atoms with E-state index in [0.29, 0.717) is 0 Å². The van der Waals surface area contributed by atoms with Gasteiger partial charge in [0.05, 0.1) is 6.10 Å². The Kier molecular flexibility index (Phi) is 3.88. The van der Waals surface area contributed by atoms with Gasteiger partial charge in [0.25, 0.3) is 0 Å². The zero-order valence-corrected chi connectivity index (χ0v) is 9.10. The van der Waals surface area contributed by atoms with Crippen LogP contribution in [-0.2, 0) is 4.74 Å². The molecule has 16 heavy (non-hydrogen) atoms. The molecule has 1 aromatic carbocycles. The quantitative estimate of drug-likeness (QED) is 0.791. The standard InChI is InChI=1S/C11H13NO4/c1-7(2)15-10(13)8-5-3-4-6-9(8)16-11(12)14/h3-7H,1-2H3,(H2,12,14). The van der Waals surface area contributed by atoms with Gasteiger partial charge in [0.15, 0.2) is 0 Å². The number of carbonyl (C=O) groups excluding carboxylic acids is 2. The second-order valence-corrected chi connectivity index (χ2v) is 3.37. The molecule has 2 N–H and O–H groups in total. The molecule has 1 rings (SSSR count). The predicted octanol–water partition coefficient (Wildman–Crippen LogP) is 1.71. The van der Waals surface area contributed by atoms with Crippen LogP contribution < -0.4 is 10.5 Å². The first-order chi connectivity index (χ1) is 7.50. The van der Waals surface area contributed by atoms with Gasteiger partial charge in [-0.25, -0.2) is 9.59 Å². The monoisotopic (exact) mass is 223 g/mol. The van der Waals surface area contributed by atoms with E-state index in [1.165, 1.54) is 12.1 Å². The third kappa shape index (κ3) is 3.27. The van der Waals surface area contributed by atoms with Crippen LogP contribution in [-0.4, -0.2) is 18.2 Å². The highest BCUT2D eigenvalue weighted by Gasteiger charge is 2.15. The Morgan fingerprint density at radius 2 is 1.88 bits per heavy atom. The number of benzene rings is 1. The lowest BCUT2D eigenvalue weighted by Gasteiger charge is -2.10. The van der Waals surface area contributed by atoms with Crippen LogP contribution in [0.5, 0.6) is 5.75 Å². The molecule has 0 bridgehead atoms. The molecule has 0 heterocycles. The van der Waals surface area contributed by atoms with Gasteiger partial charge in [0.2, 0.25) is 0 Å². The number of amides is 1. The zero-order chi connectivity index (χ0) is 12.1. The Balaban J connectivity index is 2.94. The summed E-state index contributed by atoms with van der Waals surface area (Å²) in [5, 5.41) is 0. The molecule has 0 fully saturated rings. The maximum absolute atomic E-state index is 11.6. The summed E-state index contributed by atoms with van der Waals surface area (Å²) < 4.78 is 9.67. The van der Waals surface area contributed by atoms with Crippen LogP contribution >= 0.6 is 0 Å².